The quantitative estimate of drug-likeness (QED) is 0.802. The van der Waals surface area contributed by atoms with Gasteiger partial charge in [-0.1, -0.05) is 17.7 Å². The molecular weight excluding hydrogens is 230 g/mol. The van der Waals surface area contributed by atoms with Gasteiger partial charge in [0, 0.05) is 6.08 Å². The number of halogens is 3. The zero-order chi connectivity index (χ0) is 9.84. The van der Waals surface area contributed by atoms with Gasteiger partial charge < -0.3 is 5.11 Å². The molecule has 0 aliphatic carbocycles. The fourth-order valence-corrected chi connectivity index (χ4v) is 0.973. The Labute approximate surface area is 91.4 Å². The lowest BCUT2D eigenvalue weighted by Crippen LogP contribution is -1.86. The van der Waals surface area contributed by atoms with E-state index in [1.54, 1.807) is 0 Å². The van der Waals surface area contributed by atoms with Crippen LogP contribution in [-0.2, 0) is 4.79 Å². The second kappa shape index (κ2) is 5.62. The molecule has 5 heteroatoms. The highest BCUT2D eigenvalue weighted by Gasteiger charge is 1.98. The van der Waals surface area contributed by atoms with Gasteiger partial charge in [-0.2, -0.15) is 0 Å². The van der Waals surface area contributed by atoms with Crippen LogP contribution in [0.3, 0.4) is 0 Å². The van der Waals surface area contributed by atoms with Crippen molar-refractivity contribution in [3.8, 4) is 0 Å². The van der Waals surface area contributed by atoms with Crippen molar-refractivity contribution in [1.82, 2.24) is 0 Å². The Balaban J connectivity index is 0.00000169. The number of rotatable bonds is 2. The first kappa shape index (κ1) is 12.9. The molecule has 76 valence electrons. The molecule has 1 rings (SSSR count). The van der Waals surface area contributed by atoms with Crippen LogP contribution >= 0.6 is 24.0 Å². The van der Waals surface area contributed by atoms with Gasteiger partial charge in [0.1, 0.15) is 5.82 Å². The Morgan fingerprint density at radius 3 is 2.64 bits per heavy atom. The first-order valence-corrected chi connectivity index (χ1v) is 3.83. The van der Waals surface area contributed by atoms with Crippen LogP contribution < -0.4 is 0 Å². The van der Waals surface area contributed by atoms with E-state index in [0.717, 1.165) is 6.08 Å². The zero-order valence-electron chi connectivity index (χ0n) is 6.91. The maximum atomic E-state index is 12.6. The number of aliphatic carboxylic acids is 1. The molecule has 14 heavy (non-hydrogen) atoms. The van der Waals surface area contributed by atoms with Crippen molar-refractivity contribution in [2.24, 2.45) is 0 Å². The molecule has 1 N–H and O–H groups in total. The zero-order valence-corrected chi connectivity index (χ0v) is 8.48. The minimum atomic E-state index is -1.06. The van der Waals surface area contributed by atoms with Gasteiger partial charge in [-0.05, 0) is 23.8 Å². The van der Waals surface area contributed by atoms with E-state index < -0.39 is 11.8 Å². The molecule has 0 heterocycles. The summed E-state index contributed by atoms with van der Waals surface area (Å²) in [5.41, 5.74) is 0.550. The van der Waals surface area contributed by atoms with Crippen LogP contribution in [0.25, 0.3) is 6.08 Å². The SMILES string of the molecule is Cl.O=C(O)C=Cc1ccc(F)c(Cl)c1. The van der Waals surface area contributed by atoms with E-state index in [4.69, 9.17) is 16.7 Å². The highest BCUT2D eigenvalue weighted by atomic mass is 35.5. The lowest BCUT2D eigenvalue weighted by molar-refractivity contribution is -0.131. The lowest BCUT2D eigenvalue weighted by atomic mass is 10.2. The molecule has 1 aromatic carbocycles. The molecule has 0 fully saturated rings. The second-order valence-corrected chi connectivity index (χ2v) is 2.75. The molecule has 0 amide bonds. The Morgan fingerprint density at radius 2 is 2.14 bits per heavy atom. The number of benzene rings is 1. The highest BCUT2D eigenvalue weighted by molar-refractivity contribution is 6.30. The fourth-order valence-electron chi connectivity index (χ4n) is 0.784. The second-order valence-electron chi connectivity index (χ2n) is 2.35. The highest BCUT2D eigenvalue weighted by Crippen LogP contribution is 2.16. The maximum absolute atomic E-state index is 12.6. The number of hydrogen-bond donors (Lipinski definition) is 1. The normalized spacial score (nSPS) is 9.86. The summed E-state index contributed by atoms with van der Waals surface area (Å²) >= 11 is 5.47. The summed E-state index contributed by atoms with van der Waals surface area (Å²) in [5, 5.41) is 8.28. The van der Waals surface area contributed by atoms with Crippen molar-refractivity contribution >= 4 is 36.1 Å². The third-order valence-corrected chi connectivity index (χ3v) is 1.65. The van der Waals surface area contributed by atoms with Gasteiger partial charge in [0.15, 0.2) is 0 Å². The van der Waals surface area contributed by atoms with Crippen LogP contribution in [0.2, 0.25) is 5.02 Å². The molecule has 0 radical (unpaired) electrons. The first-order valence-electron chi connectivity index (χ1n) is 3.45. The van der Waals surface area contributed by atoms with Gasteiger partial charge in [-0.15, -0.1) is 12.4 Å². The monoisotopic (exact) mass is 236 g/mol. The van der Waals surface area contributed by atoms with E-state index in [2.05, 4.69) is 0 Å². The van der Waals surface area contributed by atoms with Crippen molar-refractivity contribution in [1.29, 1.82) is 0 Å². The average Bonchev–Trinajstić information content (AvgIpc) is 2.07. The van der Waals surface area contributed by atoms with Crippen LogP contribution in [0.4, 0.5) is 4.39 Å². The van der Waals surface area contributed by atoms with Gasteiger partial charge in [0.05, 0.1) is 5.02 Å². The summed E-state index contributed by atoms with van der Waals surface area (Å²) in [6.07, 6.45) is 2.30. The average molecular weight is 237 g/mol. The largest absolute Gasteiger partial charge is 0.478 e. The first-order chi connectivity index (χ1) is 6.09. The topological polar surface area (TPSA) is 37.3 Å². The van der Waals surface area contributed by atoms with Crippen molar-refractivity contribution in [3.05, 3.63) is 40.7 Å². The number of carboxylic acid groups (broad SMARTS) is 1. The van der Waals surface area contributed by atoms with Gasteiger partial charge in [-0.3, -0.25) is 0 Å². The third-order valence-electron chi connectivity index (χ3n) is 1.36. The molecule has 0 unspecified atom stereocenters. The molecule has 0 spiro atoms. The van der Waals surface area contributed by atoms with Crippen LogP contribution in [0, 0.1) is 5.82 Å². The minimum absolute atomic E-state index is 0. The molecule has 1 aromatic rings. The number of carboxylic acids is 1. The smallest absolute Gasteiger partial charge is 0.328 e. The number of carbonyl (C=O) groups is 1. The van der Waals surface area contributed by atoms with E-state index in [1.165, 1.54) is 24.3 Å². The summed E-state index contributed by atoms with van der Waals surface area (Å²) in [6, 6.07) is 3.99. The van der Waals surface area contributed by atoms with Crippen molar-refractivity contribution < 1.29 is 14.3 Å². The van der Waals surface area contributed by atoms with E-state index in [-0.39, 0.29) is 17.4 Å². The van der Waals surface area contributed by atoms with Crippen LogP contribution in [0.15, 0.2) is 24.3 Å². The molecule has 0 aliphatic heterocycles. The van der Waals surface area contributed by atoms with Crippen LogP contribution in [-0.4, -0.2) is 11.1 Å². The van der Waals surface area contributed by atoms with Gasteiger partial charge in [-0.25, -0.2) is 9.18 Å². The molecule has 0 aromatic heterocycles. The fraction of sp³-hybridized carbons (Fsp3) is 0. The molecule has 0 bridgehead atoms. The van der Waals surface area contributed by atoms with Gasteiger partial charge >= 0.3 is 5.97 Å². The summed E-state index contributed by atoms with van der Waals surface area (Å²) in [5.74, 6) is -1.57. The lowest BCUT2D eigenvalue weighted by Gasteiger charge is -1.95. The van der Waals surface area contributed by atoms with Crippen molar-refractivity contribution in [3.63, 3.8) is 0 Å². The Bertz CT molecular complexity index is 364. The predicted octanol–water partition coefficient (Wildman–Crippen LogP) is 3.00. The summed E-state index contributed by atoms with van der Waals surface area (Å²) < 4.78 is 12.6. The van der Waals surface area contributed by atoms with Gasteiger partial charge in [0.25, 0.3) is 0 Å². The standard InChI is InChI=1S/C9H6ClFO2.ClH/c10-7-5-6(1-3-8(7)11)2-4-9(12)13;/h1-5H,(H,12,13);1H. The van der Waals surface area contributed by atoms with Crippen molar-refractivity contribution in [2.45, 2.75) is 0 Å². The van der Waals surface area contributed by atoms with E-state index in [0.29, 0.717) is 5.56 Å². The van der Waals surface area contributed by atoms with Crippen molar-refractivity contribution in [2.75, 3.05) is 0 Å². The molecule has 0 saturated carbocycles. The van der Waals surface area contributed by atoms with E-state index in [1.807, 2.05) is 0 Å². The van der Waals surface area contributed by atoms with E-state index in [9.17, 15) is 9.18 Å². The summed E-state index contributed by atoms with van der Waals surface area (Å²) in [7, 11) is 0. The molecule has 0 atom stereocenters. The Hall–Kier alpha value is -1.06. The third kappa shape index (κ3) is 3.77. The number of hydrogen-bond acceptors (Lipinski definition) is 1. The predicted molar refractivity (Wildman–Crippen MR) is 55.3 cm³/mol. The van der Waals surface area contributed by atoms with Crippen LogP contribution in [0.1, 0.15) is 5.56 Å². The molecule has 0 aliphatic rings. The summed E-state index contributed by atoms with van der Waals surface area (Å²) in [6.45, 7) is 0. The minimum Gasteiger partial charge on any atom is -0.478 e. The Kier molecular flexibility index (Phi) is 5.20. The van der Waals surface area contributed by atoms with Gasteiger partial charge in [0.2, 0.25) is 0 Å². The maximum Gasteiger partial charge on any atom is 0.328 e. The van der Waals surface area contributed by atoms with E-state index >= 15 is 0 Å². The molecular formula is C9H7Cl2FO2. The van der Waals surface area contributed by atoms with Crippen LogP contribution in [0.5, 0.6) is 0 Å². The molecule has 0 saturated heterocycles. The Morgan fingerprint density at radius 1 is 1.50 bits per heavy atom. The summed E-state index contributed by atoms with van der Waals surface area (Å²) in [4.78, 5) is 10.1. The molecule has 2 nitrogen and oxygen atoms in total.